The molecule has 0 aliphatic carbocycles. The highest BCUT2D eigenvalue weighted by molar-refractivity contribution is 6.21. The van der Waals surface area contributed by atoms with Crippen LogP contribution in [0.4, 0.5) is 0 Å². The molecule has 6 atom stereocenters. The first kappa shape index (κ1) is 29.8. The number of ether oxygens (including phenoxy) is 3. The SMILES string of the molecule is C=C(CO)C(C)C(C)(C)OCC(COC)C(C)(CC)C(C)OCC(Cl)[C@](C)(O)CC. The summed E-state index contributed by atoms with van der Waals surface area (Å²) in [6.45, 7) is 21.3. The van der Waals surface area contributed by atoms with Gasteiger partial charge in [0.15, 0.2) is 0 Å². The van der Waals surface area contributed by atoms with Gasteiger partial charge in [0.1, 0.15) is 0 Å². The van der Waals surface area contributed by atoms with E-state index in [1.807, 2.05) is 27.7 Å². The van der Waals surface area contributed by atoms with Gasteiger partial charge in [-0.2, -0.15) is 0 Å². The van der Waals surface area contributed by atoms with Gasteiger partial charge in [0.05, 0.1) is 49.1 Å². The van der Waals surface area contributed by atoms with Gasteiger partial charge in [-0.15, -0.1) is 11.6 Å². The van der Waals surface area contributed by atoms with Gasteiger partial charge in [-0.25, -0.2) is 0 Å². The third-order valence-corrected chi connectivity index (χ3v) is 7.99. The normalized spacial score (nSPS) is 20.7. The highest BCUT2D eigenvalue weighted by Gasteiger charge is 2.41. The number of rotatable bonds is 16. The van der Waals surface area contributed by atoms with Crippen LogP contribution in [0.15, 0.2) is 12.2 Å². The largest absolute Gasteiger partial charge is 0.392 e. The molecule has 0 aromatic rings. The molecular formula is C24H47ClO5. The molecule has 5 unspecified atom stereocenters. The van der Waals surface area contributed by atoms with Crippen molar-refractivity contribution in [3.63, 3.8) is 0 Å². The first-order chi connectivity index (χ1) is 13.7. The summed E-state index contributed by atoms with van der Waals surface area (Å²) < 4.78 is 18.0. The second-order valence-electron chi connectivity index (χ2n) is 9.62. The Kier molecular flexibility index (Phi) is 12.7. The van der Waals surface area contributed by atoms with Crippen LogP contribution >= 0.6 is 11.6 Å². The fourth-order valence-electron chi connectivity index (χ4n) is 3.43. The quantitative estimate of drug-likeness (QED) is 0.260. The van der Waals surface area contributed by atoms with E-state index >= 15 is 0 Å². The maximum absolute atomic E-state index is 10.4. The first-order valence-corrected chi connectivity index (χ1v) is 11.6. The van der Waals surface area contributed by atoms with Crippen LogP contribution in [0.25, 0.3) is 0 Å². The van der Waals surface area contributed by atoms with Gasteiger partial charge in [-0.1, -0.05) is 34.3 Å². The number of methoxy groups -OCH3 is 1. The lowest BCUT2D eigenvalue weighted by Crippen LogP contribution is -2.47. The van der Waals surface area contributed by atoms with E-state index in [-0.39, 0.29) is 36.6 Å². The fraction of sp³-hybridized carbons (Fsp3) is 0.917. The monoisotopic (exact) mass is 450 g/mol. The third-order valence-electron chi connectivity index (χ3n) is 7.39. The summed E-state index contributed by atoms with van der Waals surface area (Å²) in [5.74, 6) is 0.109. The summed E-state index contributed by atoms with van der Waals surface area (Å²) >= 11 is 6.40. The van der Waals surface area contributed by atoms with E-state index in [1.54, 1.807) is 14.0 Å². The van der Waals surface area contributed by atoms with Gasteiger partial charge in [0.2, 0.25) is 0 Å². The van der Waals surface area contributed by atoms with Crippen molar-refractivity contribution in [3.8, 4) is 0 Å². The Morgan fingerprint density at radius 3 is 2.03 bits per heavy atom. The average molecular weight is 451 g/mol. The molecule has 0 bridgehead atoms. The van der Waals surface area contributed by atoms with E-state index in [2.05, 4.69) is 27.4 Å². The highest BCUT2D eigenvalue weighted by atomic mass is 35.5. The summed E-state index contributed by atoms with van der Waals surface area (Å²) in [4.78, 5) is 0. The zero-order chi connectivity index (χ0) is 23.8. The number of halogens is 1. The molecule has 0 amide bonds. The van der Waals surface area contributed by atoms with Gasteiger partial charge in [-0.3, -0.25) is 0 Å². The van der Waals surface area contributed by atoms with Crippen LogP contribution in [0.2, 0.25) is 0 Å². The van der Waals surface area contributed by atoms with Gasteiger partial charge in [-0.05, 0) is 46.1 Å². The second-order valence-corrected chi connectivity index (χ2v) is 10.1. The molecule has 0 spiro atoms. The first-order valence-electron chi connectivity index (χ1n) is 11.1. The van der Waals surface area contributed by atoms with Crippen molar-refractivity contribution in [2.24, 2.45) is 17.3 Å². The Hall–Kier alpha value is -0.170. The molecule has 0 saturated carbocycles. The van der Waals surface area contributed by atoms with E-state index < -0.39 is 16.6 Å². The molecule has 2 N–H and O–H groups in total. The van der Waals surface area contributed by atoms with Crippen molar-refractivity contribution < 1.29 is 24.4 Å². The standard InChI is InChI=1S/C24H47ClO5/c1-11-23(8,19(5)29-16-21(25)24(9,27)12-2)20(14-28-10)15-30-22(6,7)18(4)17(3)13-26/h18-21,26-27H,3,11-16H2,1-2,4-10H3/t18?,19?,20?,21?,23?,24-/m1/s1. The molecule has 0 aliphatic heterocycles. The van der Waals surface area contributed by atoms with Gasteiger partial charge in [0.25, 0.3) is 0 Å². The molecule has 0 rings (SSSR count). The van der Waals surface area contributed by atoms with Crippen LogP contribution in [-0.4, -0.2) is 66.4 Å². The van der Waals surface area contributed by atoms with E-state index in [4.69, 9.17) is 25.8 Å². The van der Waals surface area contributed by atoms with Crippen molar-refractivity contribution in [3.05, 3.63) is 12.2 Å². The summed E-state index contributed by atoms with van der Waals surface area (Å²) in [5.41, 5.74) is -0.882. The maximum atomic E-state index is 10.4. The molecule has 0 aromatic heterocycles. The molecule has 0 aliphatic rings. The van der Waals surface area contributed by atoms with Crippen molar-refractivity contribution >= 4 is 11.6 Å². The Morgan fingerprint density at radius 2 is 1.60 bits per heavy atom. The van der Waals surface area contributed by atoms with Gasteiger partial charge >= 0.3 is 0 Å². The van der Waals surface area contributed by atoms with Crippen LogP contribution < -0.4 is 0 Å². The minimum atomic E-state index is -0.964. The lowest BCUT2D eigenvalue weighted by atomic mass is 9.71. The number of alkyl halides is 1. The topological polar surface area (TPSA) is 68.2 Å². The number of aliphatic hydroxyl groups excluding tert-OH is 1. The maximum Gasteiger partial charge on any atom is 0.0853 e. The van der Waals surface area contributed by atoms with Crippen molar-refractivity contribution in [2.75, 3.05) is 33.5 Å². The fourth-order valence-corrected chi connectivity index (χ4v) is 3.65. The van der Waals surface area contributed by atoms with Crippen molar-refractivity contribution in [2.45, 2.75) is 90.9 Å². The molecule has 5 nitrogen and oxygen atoms in total. The Morgan fingerprint density at radius 1 is 1.03 bits per heavy atom. The van der Waals surface area contributed by atoms with E-state index in [0.717, 1.165) is 12.0 Å². The van der Waals surface area contributed by atoms with E-state index in [0.29, 0.717) is 19.6 Å². The highest BCUT2D eigenvalue weighted by Crippen LogP contribution is 2.39. The van der Waals surface area contributed by atoms with Crippen LogP contribution in [0.3, 0.4) is 0 Å². The molecule has 6 heteroatoms. The zero-order valence-corrected chi connectivity index (χ0v) is 21.5. The number of aliphatic hydroxyl groups is 2. The summed E-state index contributed by atoms with van der Waals surface area (Å²) in [7, 11) is 1.70. The minimum Gasteiger partial charge on any atom is -0.392 e. The molecule has 180 valence electrons. The summed E-state index contributed by atoms with van der Waals surface area (Å²) in [6.07, 6.45) is 1.34. The third kappa shape index (κ3) is 8.07. The molecule has 0 radical (unpaired) electrons. The predicted octanol–water partition coefficient (Wildman–Crippen LogP) is 4.82. The summed E-state index contributed by atoms with van der Waals surface area (Å²) in [5, 5.41) is 19.3. The van der Waals surface area contributed by atoms with Gasteiger partial charge in [0, 0.05) is 24.4 Å². The minimum absolute atomic E-state index is 0.0144. The van der Waals surface area contributed by atoms with Crippen LogP contribution in [0.5, 0.6) is 0 Å². The van der Waals surface area contributed by atoms with Crippen molar-refractivity contribution in [1.29, 1.82) is 0 Å². The smallest absolute Gasteiger partial charge is 0.0853 e. The number of hydrogen-bond donors (Lipinski definition) is 2. The zero-order valence-electron chi connectivity index (χ0n) is 20.8. The Bertz CT molecular complexity index is 508. The van der Waals surface area contributed by atoms with Crippen molar-refractivity contribution in [1.82, 2.24) is 0 Å². The second kappa shape index (κ2) is 12.8. The molecule has 30 heavy (non-hydrogen) atoms. The van der Waals surface area contributed by atoms with Gasteiger partial charge < -0.3 is 24.4 Å². The molecular weight excluding hydrogens is 404 g/mol. The summed E-state index contributed by atoms with van der Waals surface area (Å²) in [6, 6.07) is 0. The van der Waals surface area contributed by atoms with Crippen LogP contribution in [0.1, 0.15) is 68.2 Å². The van der Waals surface area contributed by atoms with E-state index in [1.165, 1.54) is 0 Å². The number of hydrogen-bond acceptors (Lipinski definition) is 5. The Balaban J connectivity index is 5.31. The van der Waals surface area contributed by atoms with Crippen LogP contribution in [-0.2, 0) is 14.2 Å². The molecule has 0 heterocycles. The van der Waals surface area contributed by atoms with Crippen LogP contribution in [0, 0.1) is 17.3 Å². The lowest BCUT2D eigenvalue weighted by Gasteiger charge is -2.44. The predicted molar refractivity (Wildman–Crippen MR) is 125 cm³/mol. The lowest BCUT2D eigenvalue weighted by molar-refractivity contribution is -0.129. The Labute approximate surface area is 190 Å². The molecule has 0 aromatic carbocycles. The van der Waals surface area contributed by atoms with E-state index in [9.17, 15) is 10.2 Å². The molecule has 0 fully saturated rings. The molecule has 0 saturated heterocycles. The average Bonchev–Trinajstić information content (AvgIpc) is 2.72.